The Hall–Kier alpha value is -3.52. The van der Waals surface area contributed by atoms with Crippen LogP contribution in [0, 0.1) is 5.41 Å². The second kappa shape index (κ2) is 10.9. The molecule has 0 aliphatic carbocycles. The number of oxime groups is 1. The van der Waals surface area contributed by atoms with E-state index >= 15 is 0 Å². The molecular formula is C25H27N3O4S. The third kappa shape index (κ3) is 5.64. The highest BCUT2D eigenvalue weighted by Gasteiger charge is 2.39. The molecular weight excluding hydrogens is 438 g/mol. The first kappa shape index (κ1) is 24.1. The van der Waals surface area contributed by atoms with Gasteiger partial charge in [0.25, 0.3) is 0 Å². The molecule has 1 N–H and O–H groups in total. The third-order valence-electron chi connectivity index (χ3n) is 5.19. The van der Waals surface area contributed by atoms with Crippen LogP contribution in [0.15, 0.2) is 71.2 Å². The van der Waals surface area contributed by atoms with Gasteiger partial charge in [0.2, 0.25) is 11.6 Å². The number of aromatic nitrogens is 1. The summed E-state index contributed by atoms with van der Waals surface area (Å²) in [6.07, 6.45) is 0. The highest BCUT2D eigenvalue weighted by atomic mass is 32.1. The van der Waals surface area contributed by atoms with Crippen LogP contribution in [0.1, 0.15) is 43.5 Å². The van der Waals surface area contributed by atoms with Crippen LogP contribution in [0.2, 0.25) is 0 Å². The highest BCUT2D eigenvalue weighted by molar-refractivity contribution is 7.14. The number of rotatable bonds is 9. The maximum Gasteiger partial charge on any atom is 0.362 e. The van der Waals surface area contributed by atoms with E-state index < -0.39 is 11.4 Å². The van der Waals surface area contributed by atoms with Crippen molar-refractivity contribution in [1.82, 2.24) is 4.98 Å². The predicted molar refractivity (Wildman–Crippen MR) is 129 cm³/mol. The SMILES string of the molecule is CCOC(=O)/C(=N/OC)c1csc(NC(=O)C(C)(C)C(c2ccccc2)c2ccccc2)n1. The average molecular weight is 466 g/mol. The van der Waals surface area contributed by atoms with E-state index in [1.54, 1.807) is 12.3 Å². The maximum absolute atomic E-state index is 13.5. The van der Waals surface area contributed by atoms with Crippen molar-refractivity contribution in [2.45, 2.75) is 26.7 Å². The van der Waals surface area contributed by atoms with Gasteiger partial charge in [0, 0.05) is 11.3 Å². The Labute approximate surface area is 197 Å². The zero-order chi connectivity index (χ0) is 23.8. The Morgan fingerprint density at radius 2 is 1.64 bits per heavy atom. The Morgan fingerprint density at radius 1 is 1.06 bits per heavy atom. The molecule has 1 aromatic heterocycles. The number of ether oxygens (including phenoxy) is 1. The third-order valence-corrected chi connectivity index (χ3v) is 5.95. The van der Waals surface area contributed by atoms with Crippen LogP contribution < -0.4 is 5.32 Å². The largest absolute Gasteiger partial charge is 0.461 e. The van der Waals surface area contributed by atoms with Gasteiger partial charge in [-0.3, -0.25) is 4.79 Å². The lowest BCUT2D eigenvalue weighted by molar-refractivity contribution is -0.135. The highest BCUT2D eigenvalue weighted by Crippen LogP contribution is 2.41. The minimum absolute atomic E-state index is 0.0539. The van der Waals surface area contributed by atoms with Gasteiger partial charge < -0.3 is 14.9 Å². The predicted octanol–water partition coefficient (Wildman–Crippen LogP) is 4.85. The number of benzene rings is 2. The molecule has 1 heterocycles. The van der Waals surface area contributed by atoms with Crippen molar-refractivity contribution in [3.8, 4) is 0 Å². The first-order chi connectivity index (χ1) is 15.9. The number of hydrogen-bond acceptors (Lipinski definition) is 7. The minimum atomic E-state index is -0.806. The molecule has 0 saturated heterocycles. The molecule has 0 spiro atoms. The lowest BCUT2D eigenvalue weighted by atomic mass is 9.70. The molecule has 0 aliphatic rings. The molecule has 172 valence electrons. The molecule has 0 fully saturated rings. The summed E-state index contributed by atoms with van der Waals surface area (Å²) >= 11 is 1.20. The van der Waals surface area contributed by atoms with Gasteiger partial charge in [-0.2, -0.15) is 0 Å². The maximum atomic E-state index is 13.5. The summed E-state index contributed by atoms with van der Waals surface area (Å²) in [5.74, 6) is -1.01. The van der Waals surface area contributed by atoms with Crippen LogP contribution in [-0.2, 0) is 19.2 Å². The Bertz CT molecular complexity index is 1070. The second-order valence-electron chi connectivity index (χ2n) is 7.81. The van der Waals surface area contributed by atoms with Crippen molar-refractivity contribution >= 4 is 34.1 Å². The van der Waals surface area contributed by atoms with Crippen LogP contribution in [0.5, 0.6) is 0 Å². The first-order valence-electron chi connectivity index (χ1n) is 10.5. The fourth-order valence-electron chi connectivity index (χ4n) is 3.63. The minimum Gasteiger partial charge on any atom is -0.461 e. The molecule has 8 heteroatoms. The van der Waals surface area contributed by atoms with Gasteiger partial charge in [-0.1, -0.05) is 79.7 Å². The number of hydrogen-bond donors (Lipinski definition) is 1. The van der Waals surface area contributed by atoms with E-state index in [-0.39, 0.29) is 29.8 Å². The quantitative estimate of drug-likeness (QED) is 0.277. The number of amides is 1. The van der Waals surface area contributed by atoms with Gasteiger partial charge in [0.15, 0.2) is 5.13 Å². The lowest BCUT2D eigenvalue weighted by Crippen LogP contribution is -2.37. The lowest BCUT2D eigenvalue weighted by Gasteiger charge is -2.33. The smallest absolute Gasteiger partial charge is 0.362 e. The van der Waals surface area contributed by atoms with Crippen LogP contribution in [-0.4, -0.2) is 36.3 Å². The van der Waals surface area contributed by atoms with Gasteiger partial charge in [-0.05, 0) is 18.1 Å². The molecule has 0 aliphatic heterocycles. The summed E-state index contributed by atoms with van der Waals surface area (Å²) in [6.45, 7) is 5.73. The molecule has 7 nitrogen and oxygen atoms in total. The molecule has 2 aromatic carbocycles. The van der Waals surface area contributed by atoms with Gasteiger partial charge in [-0.25, -0.2) is 9.78 Å². The van der Waals surface area contributed by atoms with E-state index in [0.29, 0.717) is 5.13 Å². The average Bonchev–Trinajstić information content (AvgIpc) is 3.27. The Kier molecular flexibility index (Phi) is 7.95. The summed E-state index contributed by atoms with van der Waals surface area (Å²) in [5, 5.41) is 8.63. The monoisotopic (exact) mass is 465 g/mol. The Balaban J connectivity index is 1.88. The fraction of sp³-hybridized carbons (Fsp3) is 0.280. The number of nitrogens with one attached hydrogen (secondary N) is 1. The normalized spacial score (nSPS) is 11.8. The van der Waals surface area contributed by atoms with E-state index in [9.17, 15) is 9.59 Å². The number of nitrogens with zero attached hydrogens (tertiary/aromatic N) is 2. The van der Waals surface area contributed by atoms with Crippen molar-refractivity contribution in [2.24, 2.45) is 10.6 Å². The topological polar surface area (TPSA) is 89.9 Å². The van der Waals surface area contributed by atoms with E-state index in [1.807, 2.05) is 74.5 Å². The number of carbonyl (C=O) groups excluding carboxylic acids is 2. The van der Waals surface area contributed by atoms with Gasteiger partial charge in [-0.15, -0.1) is 11.3 Å². The van der Waals surface area contributed by atoms with Crippen molar-refractivity contribution in [3.05, 3.63) is 82.9 Å². The fourth-order valence-corrected chi connectivity index (χ4v) is 4.32. The molecule has 0 unspecified atom stereocenters. The molecule has 1 amide bonds. The molecule has 0 atom stereocenters. The number of thiazole rings is 1. The first-order valence-corrected chi connectivity index (χ1v) is 11.4. The van der Waals surface area contributed by atoms with E-state index in [4.69, 9.17) is 9.57 Å². The molecule has 0 bridgehead atoms. The molecule has 33 heavy (non-hydrogen) atoms. The number of carbonyl (C=O) groups is 2. The number of anilines is 1. The molecule has 0 radical (unpaired) electrons. The van der Waals surface area contributed by atoms with E-state index in [2.05, 4.69) is 15.5 Å². The van der Waals surface area contributed by atoms with Crippen LogP contribution in [0.4, 0.5) is 5.13 Å². The Morgan fingerprint density at radius 3 is 2.15 bits per heavy atom. The summed E-state index contributed by atoms with van der Waals surface area (Å²) in [5.41, 5.74) is 1.50. The summed E-state index contributed by atoms with van der Waals surface area (Å²) in [6, 6.07) is 19.9. The van der Waals surface area contributed by atoms with Crippen LogP contribution >= 0.6 is 11.3 Å². The summed E-state index contributed by atoms with van der Waals surface area (Å²) < 4.78 is 5.01. The van der Waals surface area contributed by atoms with E-state index in [1.165, 1.54) is 18.4 Å². The molecule has 3 rings (SSSR count). The van der Waals surface area contributed by atoms with Crippen molar-refractivity contribution in [3.63, 3.8) is 0 Å². The van der Waals surface area contributed by atoms with E-state index in [0.717, 1.165) is 11.1 Å². The van der Waals surface area contributed by atoms with Crippen LogP contribution in [0.25, 0.3) is 0 Å². The van der Waals surface area contributed by atoms with Gasteiger partial charge in [0.1, 0.15) is 12.8 Å². The van der Waals surface area contributed by atoms with Gasteiger partial charge in [0.05, 0.1) is 12.0 Å². The zero-order valence-corrected chi connectivity index (χ0v) is 19.9. The van der Waals surface area contributed by atoms with Crippen molar-refractivity contribution < 1.29 is 19.2 Å². The summed E-state index contributed by atoms with van der Waals surface area (Å²) in [7, 11) is 1.34. The van der Waals surface area contributed by atoms with Crippen molar-refractivity contribution in [1.29, 1.82) is 0 Å². The zero-order valence-electron chi connectivity index (χ0n) is 19.1. The van der Waals surface area contributed by atoms with Crippen molar-refractivity contribution in [2.75, 3.05) is 19.0 Å². The van der Waals surface area contributed by atoms with Crippen LogP contribution in [0.3, 0.4) is 0 Å². The second-order valence-corrected chi connectivity index (χ2v) is 8.67. The number of esters is 1. The standard InChI is InChI=1S/C25H27N3O4S/c1-5-32-22(29)21(28-31-4)19-16-33-24(26-19)27-23(30)25(2,3)20(17-12-8-6-9-13-17)18-14-10-7-11-15-18/h6-16,20H,5H2,1-4H3,(H,26,27,30)/b28-21+. The van der Waals surface area contributed by atoms with Gasteiger partial charge >= 0.3 is 5.97 Å². The molecule has 0 saturated carbocycles. The molecule has 3 aromatic rings. The summed E-state index contributed by atoms with van der Waals surface area (Å²) in [4.78, 5) is 34.8.